The Morgan fingerprint density at radius 2 is 0.485 bits per heavy atom. The van der Waals surface area contributed by atoms with Crippen LogP contribution in [0.2, 0.25) is 0 Å². The Morgan fingerprint density at radius 1 is 0.318 bits per heavy atom. The van der Waals surface area contributed by atoms with Gasteiger partial charge in [-0.15, -0.1) is 0 Å². The Balaban J connectivity index is 0.00000771. The van der Waals surface area contributed by atoms with Crippen molar-refractivity contribution >= 4 is 45.6 Å². The Labute approximate surface area is 437 Å². The summed E-state index contributed by atoms with van der Waals surface area (Å²) in [5.74, 6) is 0. The molecule has 6 heteroatoms. The zero-order valence-corrected chi connectivity index (χ0v) is 49.9. The summed E-state index contributed by atoms with van der Waals surface area (Å²) in [6.45, 7) is 57.2. The van der Waals surface area contributed by atoms with Crippen molar-refractivity contribution in [2.45, 2.75) is 235 Å². The molecular weight excluding hydrogens is 856 g/mol. The van der Waals surface area contributed by atoms with Gasteiger partial charge in [0.2, 0.25) is 0 Å². The van der Waals surface area contributed by atoms with E-state index < -0.39 is 19.0 Å². The predicted octanol–water partition coefficient (Wildman–Crippen LogP) is 17.3. The summed E-state index contributed by atoms with van der Waals surface area (Å²) in [6.07, 6.45) is 0. The first kappa shape index (κ1) is 58.6. The van der Waals surface area contributed by atoms with E-state index in [0.717, 1.165) is 44.5 Å². The van der Waals surface area contributed by atoms with Gasteiger partial charge in [-0.2, -0.15) is 0 Å². The third-order valence-corrected chi connectivity index (χ3v) is 14.6. The number of phosphoric acid groups is 1. The second-order valence-electron chi connectivity index (χ2n) is 27.8. The molecule has 0 aliphatic carbocycles. The molecule has 0 bridgehead atoms. The van der Waals surface area contributed by atoms with E-state index in [0.29, 0.717) is 0 Å². The van der Waals surface area contributed by atoms with Gasteiger partial charge in [0, 0.05) is 0 Å². The zero-order chi connectivity index (χ0) is 50.3. The van der Waals surface area contributed by atoms with Crippen LogP contribution < -0.4 is 0 Å². The Bertz CT molecular complexity index is 2110. The van der Waals surface area contributed by atoms with Gasteiger partial charge in [-0.05, 0) is 124 Å². The van der Waals surface area contributed by atoms with Gasteiger partial charge in [-0.1, -0.05) is 239 Å². The van der Waals surface area contributed by atoms with Crippen molar-refractivity contribution in [1.82, 2.24) is 0 Å². The second kappa shape index (κ2) is 18.8. The Hall–Kier alpha value is -1.75. The zero-order valence-electron chi connectivity index (χ0n) is 48.8. The van der Waals surface area contributed by atoms with Crippen molar-refractivity contribution < 1.29 is 21.4 Å². The number of phosphoric ester groups is 1. The molecule has 4 aromatic carbocycles. The van der Waals surface area contributed by atoms with Crippen LogP contribution in [0.1, 0.15) is 250 Å². The molecule has 0 spiro atoms. The average Bonchev–Trinajstić information content (AvgIpc) is 3.10. The van der Waals surface area contributed by atoms with Gasteiger partial charge < -0.3 is 7.75 Å². The normalized spacial score (nSPS) is 14.3. The third-order valence-electron chi connectivity index (χ3n) is 13.4. The van der Waals surface area contributed by atoms with E-state index in [1.165, 1.54) is 22.3 Å². The fourth-order valence-electron chi connectivity index (χ4n) is 9.16. The van der Waals surface area contributed by atoms with Gasteiger partial charge in [-0.25, -0.2) is 4.57 Å². The molecule has 0 saturated heterocycles. The van der Waals surface area contributed by atoms with Crippen LogP contribution in [0.5, 0.6) is 0 Å². The molecule has 0 aliphatic heterocycles. The van der Waals surface area contributed by atoms with E-state index in [1.807, 2.05) is 13.8 Å². The van der Waals surface area contributed by atoms with Crippen molar-refractivity contribution in [1.29, 1.82) is 0 Å². The van der Waals surface area contributed by atoms with Crippen LogP contribution in [0.3, 0.4) is 0 Å². The molecule has 0 unspecified atom stereocenters. The van der Waals surface area contributed by atoms with Crippen LogP contribution >= 0.6 is 7.82 Å². The van der Waals surface area contributed by atoms with Gasteiger partial charge >= 0.3 is 45.6 Å². The predicted molar refractivity (Wildman–Crippen MR) is 288 cm³/mol. The van der Waals surface area contributed by atoms with Crippen LogP contribution in [0.4, 0.5) is 0 Å². The molecule has 0 radical (unpaired) electrons. The molecule has 0 atom stereocenters. The molecule has 0 heterocycles. The minimum absolute atomic E-state index is 0. The average molecular weight is 949 g/mol. The summed E-state index contributed by atoms with van der Waals surface area (Å²) in [7, 11) is -5.06. The molecule has 4 nitrogen and oxygen atoms in total. The first-order chi connectivity index (χ1) is 28.7. The molecular formula is C60H93CaO4P. The maximum absolute atomic E-state index is 16.0. The van der Waals surface area contributed by atoms with Gasteiger partial charge in [-0.3, -0.25) is 9.05 Å². The summed E-state index contributed by atoms with van der Waals surface area (Å²) < 4.78 is 30.3. The molecule has 0 fully saturated rings. The summed E-state index contributed by atoms with van der Waals surface area (Å²) >= 11 is 0. The van der Waals surface area contributed by atoms with E-state index in [1.54, 1.807) is 0 Å². The van der Waals surface area contributed by atoms with Crippen LogP contribution in [0.15, 0.2) is 72.8 Å². The quantitative estimate of drug-likeness (QED) is 0.141. The van der Waals surface area contributed by atoms with Gasteiger partial charge in [0.05, 0.1) is 0 Å². The summed E-state index contributed by atoms with van der Waals surface area (Å²) in [4.78, 5) is 13.1. The fraction of sp³-hybridized carbons (Fsp3) is 0.600. The van der Waals surface area contributed by atoms with Crippen LogP contribution in [0, 0.1) is 0 Å². The summed E-state index contributed by atoms with van der Waals surface area (Å²) in [5, 5.41) is 0. The van der Waals surface area contributed by atoms with Crippen LogP contribution in [-0.4, -0.2) is 42.6 Å². The number of hydrogen-bond donors (Lipinski definition) is 1. The molecule has 1 N–H and O–H groups in total. The molecule has 364 valence electrons. The Kier molecular flexibility index (Phi) is 16.7. The first-order valence-corrected chi connectivity index (χ1v) is 25.6. The smallest absolute Gasteiger partial charge is 1.00 e. The molecule has 4 rings (SSSR count). The van der Waals surface area contributed by atoms with Gasteiger partial charge in [0.1, 0.15) is 11.2 Å². The minimum atomic E-state index is -5.06. The number of hydrogen-bond acceptors (Lipinski definition) is 3. The molecule has 0 saturated carbocycles. The summed E-state index contributed by atoms with van der Waals surface area (Å²) in [5.41, 5.74) is 7.48. The van der Waals surface area contributed by atoms with E-state index in [-0.39, 0.29) is 83.9 Å². The fourth-order valence-corrected chi connectivity index (χ4v) is 10.5. The van der Waals surface area contributed by atoms with E-state index in [2.05, 4.69) is 239 Å². The van der Waals surface area contributed by atoms with Gasteiger partial charge in [0.25, 0.3) is 0 Å². The van der Waals surface area contributed by atoms with Crippen molar-refractivity contribution in [3.8, 4) is 0 Å². The maximum atomic E-state index is 16.0. The van der Waals surface area contributed by atoms with Crippen molar-refractivity contribution in [3.63, 3.8) is 0 Å². The molecule has 0 amide bonds. The monoisotopic (exact) mass is 949 g/mol. The van der Waals surface area contributed by atoms with Gasteiger partial charge in [0.15, 0.2) is 0 Å². The SMILES string of the molecule is CC(C)(C)c1ccc(C(C)(OP(=O)(O)OC(C)(c2ccc(C(C)(C)C)cc2C(C)(C)C)c2ccc(C(C)(C)C)cc2C(C)(C)C)c2ccc(C(C)(C)C)cc2C(C)(C)C)c(C(C)(C)C)c1.[Ca+2].[H-].[H-]. The minimum Gasteiger partial charge on any atom is -1.00 e. The molecule has 0 aromatic heterocycles. The maximum Gasteiger partial charge on any atom is 2.00 e. The van der Waals surface area contributed by atoms with E-state index in [4.69, 9.17) is 9.05 Å². The van der Waals surface area contributed by atoms with Crippen LogP contribution in [0.25, 0.3) is 0 Å². The van der Waals surface area contributed by atoms with E-state index >= 15 is 4.57 Å². The second-order valence-corrected chi connectivity index (χ2v) is 29.1. The number of rotatable bonds is 8. The molecule has 4 aromatic rings. The number of benzene rings is 4. The Morgan fingerprint density at radius 3 is 0.621 bits per heavy atom. The molecule has 66 heavy (non-hydrogen) atoms. The van der Waals surface area contributed by atoms with E-state index in [9.17, 15) is 4.89 Å². The summed E-state index contributed by atoms with van der Waals surface area (Å²) in [6, 6.07) is 26.3. The standard InChI is InChI=1S/C60H91O4P.Ca.2H/c1-51(2,3)39-27-31-43(47(35-39)55(13,14)15)59(25,44-32-28-40(52(4,5)6)36-48(44)56(16,17)18)63-65(61,62)64-60(26,45-33-29-41(53(7,8)9)37-49(45)57(19,20)21)46-34-30-42(54(10,11)12)38-50(46)58(22,23)24;;;/h27-38H,1-26H3,(H,61,62);;;/q;+2;2*-1. The first-order valence-electron chi connectivity index (χ1n) is 24.1. The van der Waals surface area contributed by atoms with Crippen LogP contribution in [-0.2, 0) is 68.1 Å². The van der Waals surface area contributed by atoms with Crippen molar-refractivity contribution in [3.05, 3.63) is 140 Å². The topological polar surface area (TPSA) is 55.8 Å². The van der Waals surface area contributed by atoms with Crippen molar-refractivity contribution in [2.75, 3.05) is 0 Å². The van der Waals surface area contributed by atoms with Crippen molar-refractivity contribution in [2.24, 2.45) is 0 Å². The third kappa shape index (κ3) is 13.0. The largest absolute Gasteiger partial charge is 2.00 e. The molecule has 0 aliphatic rings.